The van der Waals surface area contributed by atoms with Crippen LogP contribution in [0.25, 0.3) is 0 Å². The number of aromatic hydroxyl groups is 1. The summed E-state index contributed by atoms with van der Waals surface area (Å²) < 4.78 is 5.40. The lowest BCUT2D eigenvalue weighted by atomic mass is 9.76. The number of ketones is 1. The summed E-state index contributed by atoms with van der Waals surface area (Å²) in [5, 5.41) is 11.0. The monoisotopic (exact) mass is 346 g/mol. The number of rotatable bonds is 5. The van der Waals surface area contributed by atoms with Crippen molar-refractivity contribution in [2.75, 3.05) is 7.11 Å². The van der Waals surface area contributed by atoms with Gasteiger partial charge < -0.3 is 9.84 Å². The van der Waals surface area contributed by atoms with Crippen molar-refractivity contribution in [1.29, 1.82) is 0 Å². The molecule has 3 heteroatoms. The van der Waals surface area contributed by atoms with Crippen molar-refractivity contribution in [2.24, 2.45) is 0 Å². The number of phenols is 1. The first kappa shape index (κ1) is 17.7. The van der Waals surface area contributed by atoms with E-state index in [9.17, 15) is 9.90 Å². The zero-order chi connectivity index (χ0) is 18.7. The van der Waals surface area contributed by atoms with Crippen LogP contribution >= 0.6 is 0 Å². The molecule has 26 heavy (non-hydrogen) atoms. The molecule has 0 bridgehead atoms. The van der Waals surface area contributed by atoms with Gasteiger partial charge in [-0.2, -0.15) is 0 Å². The van der Waals surface area contributed by atoms with E-state index in [1.165, 1.54) is 0 Å². The van der Waals surface area contributed by atoms with Crippen LogP contribution in [0, 0.1) is 0 Å². The second-order valence-electron chi connectivity index (χ2n) is 6.76. The molecule has 1 N–H and O–H groups in total. The number of benzene rings is 3. The second kappa shape index (κ2) is 7.04. The lowest BCUT2D eigenvalue weighted by Crippen LogP contribution is -2.20. The van der Waals surface area contributed by atoms with Gasteiger partial charge in [0.2, 0.25) is 0 Å². The highest BCUT2D eigenvalue weighted by Gasteiger charge is 2.30. The predicted molar refractivity (Wildman–Crippen MR) is 103 cm³/mol. The minimum atomic E-state index is -0.494. The van der Waals surface area contributed by atoms with Gasteiger partial charge in [-0.1, -0.05) is 74.5 Å². The van der Waals surface area contributed by atoms with E-state index in [0.717, 1.165) is 5.56 Å². The van der Waals surface area contributed by atoms with Gasteiger partial charge in [0.05, 0.1) is 12.7 Å². The number of carbonyl (C=O) groups excluding carboxylic acids is 1. The predicted octanol–water partition coefficient (Wildman–Crippen LogP) is 4.96. The third-order valence-electron chi connectivity index (χ3n) is 4.77. The summed E-state index contributed by atoms with van der Waals surface area (Å²) in [6.45, 7) is 4.04. The zero-order valence-electron chi connectivity index (χ0n) is 15.2. The van der Waals surface area contributed by atoms with E-state index in [-0.39, 0.29) is 17.1 Å². The Labute approximate surface area is 153 Å². The number of ether oxygens (including phenoxy) is 1. The largest absolute Gasteiger partial charge is 0.507 e. The van der Waals surface area contributed by atoms with Crippen LogP contribution in [0.1, 0.15) is 40.9 Å². The highest BCUT2D eigenvalue weighted by Crippen LogP contribution is 2.41. The van der Waals surface area contributed by atoms with Crippen molar-refractivity contribution in [3.05, 3.63) is 95.1 Å². The smallest absolute Gasteiger partial charge is 0.196 e. The van der Waals surface area contributed by atoms with Crippen molar-refractivity contribution < 1.29 is 14.6 Å². The van der Waals surface area contributed by atoms with Crippen LogP contribution in [0.4, 0.5) is 0 Å². The molecular formula is C23H22O3. The van der Waals surface area contributed by atoms with Crippen LogP contribution in [0.2, 0.25) is 0 Å². The Morgan fingerprint density at radius 2 is 1.50 bits per heavy atom. The third kappa shape index (κ3) is 3.21. The Morgan fingerprint density at radius 3 is 2.08 bits per heavy atom. The van der Waals surface area contributed by atoms with Gasteiger partial charge in [-0.3, -0.25) is 4.79 Å². The molecule has 0 aliphatic heterocycles. The lowest BCUT2D eigenvalue weighted by molar-refractivity contribution is 0.103. The molecule has 0 aromatic heterocycles. The van der Waals surface area contributed by atoms with Gasteiger partial charge in [-0.05, 0) is 17.7 Å². The first-order valence-electron chi connectivity index (χ1n) is 8.52. The summed E-state index contributed by atoms with van der Waals surface area (Å²) in [5.41, 5.74) is 1.98. The van der Waals surface area contributed by atoms with E-state index < -0.39 is 5.41 Å². The first-order chi connectivity index (χ1) is 12.4. The Morgan fingerprint density at radius 1 is 0.923 bits per heavy atom. The van der Waals surface area contributed by atoms with Crippen molar-refractivity contribution in [1.82, 2.24) is 0 Å². The summed E-state index contributed by atoms with van der Waals surface area (Å²) in [6.07, 6.45) is 0. The summed E-state index contributed by atoms with van der Waals surface area (Å²) in [7, 11) is 1.56. The molecule has 132 valence electrons. The Bertz CT molecular complexity index is 913. The lowest BCUT2D eigenvalue weighted by Gasteiger charge is -2.28. The molecule has 0 spiro atoms. The van der Waals surface area contributed by atoms with Crippen molar-refractivity contribution in [3.8, 4) is 11.5 Å². The quantitative estimate of drug-likeness (QED) is 0.664. The second-order valence-corrected chi connectivity index (χ2v) is 6.76. The molecule has 0 atom stereocenters. The highest BCUT2D eigenvalue weighted by atomic mass is 16.5. The molecule has 3 aromatic rings. The number of phenolic OH excluding ortho intramolecular Hbond substituents is 1. The van der Waals surface area contributed by atoms with E-state index >= 15 is 0 Å². The molecule has 0 saturated carbocycles. The summed E-state index contributed by atoms with van der Waals surface area (Å²) >= 11 is 0. The molecule has 0 fully saturated rings. The molecule has 3 aromatic carbocycles. The Hall–Kier alpha value is -3.07. The Kier molecular flexibility index (Phi) is 4.81. The average Bonchev–Trinajstić information content (AvgIpc) is 2.69. The molecule has 3 rings (SSSR count). The van der Waals surface area contributed by atoms with Gasteiger partial charge in [-0.15, -0.1) is 0 Å². The molecule has 0 aliphatic rings. The topological polar surface area (TPSA) is 46.5 Å². The van der Waals surface area contributed by atoms with Crippen molar-refractivity contribution in [2.45, 2.75) is 19.3 Å². The molecule has 0 saturated heterocycles. The average molecular weight is 346 g/mol. The van der Waals surface area contributed by atoms with Crippen LogP contribution in [0.5, 0.6) is 11.5 Å². The Balaban J connectivity index is 2.17. The molecule has 0 amide bonds. The molecular weight excluding hydrogens is 324 g/mol. The fraction of sp³-hybridized carbons (Fsp3) is 0.174. The number of carbonyl (C=O) groups is 1. The highest BCUT2D eigenvalue weighted by molar-refractivity contribution is 6.11. The minimum Gasteiger partial charge on any atom is -0.507 e. The summed E-state index contributed by atoms with van der Waals surface area (Å²) in [5.74, 6) is 0.307. The van der Waals surface area contributed by atoms with Gasteiger partial charge in [0.15, 0.2) is 5.78 Å². The van der Waals surface area contributed by atoms with E-state index in [4.69, 9.17) is 4.74 Å². The molecule has 3 nitrogen and oxygen atoms in total. The normalized spacial score (nSPS) is 11.2. The van der Waals surface area contributed by atoms with Crippen molar-refractivity contribution in [3.63, 3.8) is 0 Å². The molecule has 0 radical (unpaired) electrons. The van der Waals surface area contributed by atoms with Gasteiger partial charge >= 0.3 is 0 Å². The van der Waals surface area contributed by atoms with Gasteiger partial charge in [-0.25, -0.2) is 0 Å². The molecule has 0 heterocycles. The van der Waals surface area contributed by atoms with Gasteiger partial charge in [0.1, 0.15) is 11.5 Å². The van der Waals surface area contributed by atoms with Gasteiger partial charge in [0, 0.05) is 16.5 Å². The summed E-state index contributed by atoms with van der Waals surface area (Å²) in [6, 6.07) is 22.2. The number of hydrogen-bond acceptors (Lipinski definition) is 3. The first-order valence-corrected chi connectivity index (χ1v) is 8.52. The number of methoxy groups -OCH3 is 1. The molecule has 0 aliphatic carbocycles. The standard InChI is InChI=1S/C23H22O3/c1-23(2,17-12-8-5-9-13-17)20-15-18(26-3)14-19(22(20)25)21(24)16-10-6-4-7-11-16/h4-15,25H,1-3H3. The zero-order valence-corrected chi connectivity index (χ0v) is 15.2. The maximum absolute atomic E-state index is 12.9. The maximum atomic E-state index is 12.9. The SMILES string of the molecule is COc1cc(C(=O)c2ccccc2)c(O)c(C(C)(C)c2ccccc2)c1. The van der Waals surface area contributed by atoms with E-state index in [1.54, 1.807) is 43.5 Å². The molecule has 0 unspecified atom stereocenters. The number of hydrogen-bond donors (Lipinski definition) is 1. The maximum Gasteiger partial charge on any atom is 0.196 e. The van der Waals surface area contributed by atoms with Crippen LogP contribution in [0.15, 0.2) is 72.8 Å². The van der Waals surface area contributed by atoms with Crippen LogP contribution < -0.4 is 4.74 Å². The third-order valence-corrected chi connectivity index (χ3v) is 4.77. The van der Waals surface area contributed by atoms with Crippen LogP contribution in [0.3, 0.4) is 0 Å². The summed E-state index contributed by atoms with van der Waals surface area (Å²) in [4.78, 5) is 12.9. The van der Waals surface area contributed by atoms with Crippen LogP contribution in [-0.4, -0.2) is 18.0 Å². The van der Waals surface area contributed by atoms with E-state index in [2.05, 4.69) is 0 Å². The fourth-order valence-corrected chi connectivity index (χ4v) is 3.13. The van der Waals surface area contributed by atoms with Crippen molar-refractivity contribution >= 4 is 5.78 Å². The van der Waals surface area contributed by atoms with E-state index in [0.29, 0.717) is 16.9 Å². The van der Waals surface area contributed by atoms with Crippen LogP contribution in [-0.2, 0) is 5.41 Å². The fourth-order valence-electron chi connectivity index (χ4n) is 3.13. The van der Waals surface area contributed by atoms with Gasteiger partial charge in [0.25, 0.3) is 0 Å². The minimum absolute atomic E-state index is 0.00601. The van der Waals surface area contributed by atoms with E-state index in [1.807, 2.05) is 50.2 Å².